The molecule has 0 saturated carbocycles. The van der Waals surface area contributed by atoms with Crippen molar-refractivity contribution < 1.29 is 3.89 Å². The highest BCUT2D eigenvalue weighted by Crippen LogP contribution is 2.25. The highest BCUT2D eigenvalue weighted by atomic mass is 32.2. The lowest BCUT2D eigenvalue weighted by molar-refractivity contribution is 0.943. The minimum Gasteiger partial charge on any atom is -0.160 e. The molecule has 0 radical (unpaired) electrons. The third kappa shape index (κ3) is 2.59. The molecule has 0 aliphatic heterocycles. The molecule has 0 N–H and O–H groups in total. The van der Waals surface area contributed by atoms with Crippen molar-refractivity contribution in [3.8, 4) is 0 Å². The van der Waals surface area contributed by atoms with Crippen LogP contribution in [-0.2, 0) is 0 Å². The lowest BCUT2D eigenvalue weighted by atomic mass is 10.0. The number of hydrogen-bond donors (Lipinski definition) is 0. The highest BCUT2D eigenvalue weighted by Gasteiger charge is 2.01. The summed E-state index contributed by atoms with van der Waals surface area (Å²) in [5, 5.41) is 2.33. The maximum Gasteiger partial charge on any atom is 0.0764 e. The summed E-state index contributed by atoms with van der Waals surface area (Å²) < 4.78 is 12.4. The van der Waals surface area contributed by atoms with Crippen molar-refractivity contribution in [2.45, 2.75) is 6.92 Å². The SMILES string of the molecule is C=Cc1cc2ccccc2cc1/C=C(\C)SF. The van der Waals surface area contributed by atoms with E-state index in [1.165, 1.54) is 5.39 Å². The number of fused-ring (bicyclic) bond motifs is 1. The summed E-state index contributed by atoms with van der Waals surface area (Å²) in [6.07, 6.45) is 3.64. The van der Waals surface area contributed by atoms with Crippen LogP contribution in [0.1, 0.15) is 18.1 Å². The predicted molar refractivity (Wildman–Crippen MR) is 76.4 cm³/mol. The second kappa shape index (κ2) is 5.19. The van der Waals surface area contributed by atoms with E-state index in [-0.39, 0.29) is 12.1 Å². The van der Waals surface area contributed by atoms with Gasteiger partial charge in [0.25, 0.3) is 0 Å². The number of hydrogen-bond acceptors (Lipinski definition) is 1. The number of rotatable bonds is 3. The fourth-order valence-electron chi connectivity index (χ4n) is 1.82. The van der Waals surface area contributed by atoms with Gasteiger partial charge in [-0.3, -0.25) is 0 Å². The van der Waals surface area contributed by atoms with E-state index in [0.29, 0.717) is 4.91 Å². The van der Waals surface area contributed by atoms with Crippen molar-refractivity contribution in [2.24, 2.45) is 0 Å². The Morgan fingerprint density at radius 3 is 2.29 bits per heavy atom. The molecule has 86 valence electrons. The van der Waals surface area contributed by atoms with Crippen molar-refractivity contribution in [3.05, 3.63) is 59.0 Å². The first-order valence-electron chi connectivity index (χ1n) is 5.36. The normalized spacial score (nSPS) is 11.8. The van der Waals surface area contributed by atoms with Crippen LogP contribution in [0, 0.1) is 0 Å². The molecule has 2 rings (SSSR count). The molecule has 17 heavy (non-hydrogen) atoms. The molecular formula is C15H13FS. The Morgan fingerprint density at radius 1 is 1.18 bits per heavy atom. The van der Waals surface area contributed by atoms with Crippen LogP contribution in [0.4, 0.5) is 3.89 Å². The molecule has 2 heteroatoms. The number of benzene rings is 2. The molecule has 2 aromatic rings. The molecule has 0 unspecified atom stereocenters. The van der Waals surface area contributed by atoms with Crippen LogP contribution in [0.2, 0.25) is 0 Å². The van der Waals surface area contributed by atoms with E-state index < -0.39 is 0 Å². The summed E-state index contributed by atoms with van der Waals surface area (Å²) in [5.41, 5.74) is 2.03. The lowest BCUT2D eigenvalue weighted by Crippen LogP contribution is -1.83. The van der Waals surface area contributed by atoms with Gasteiger partial charge in [-0.25, -0.2) is 0 Å². The molecule has 0 amide bonds. The fourth-order valence-corrected chi connectivity index (χ4v) is 1.99. The summed E-state index contributed by atoms with van der Waals surface area (Å²) in [6, 6.07) is 12.3. The summed E-state index contributed by atoms with van der Waals surface area (Å²) in [6.45, 7) is 5.56. The topological polar surface area (TPSA) is 0 Å². The second-order valence-corrected chi connectivity index (χ2v) is 4.66. The van der Waals surface area contributed by atoms with Crippen LogP contribution in [-0.4, -0.2) is 0 Å². The second-order valence-electron chi connectivity index (χ2n) is 3.86. The van der Waals surface area contributed by atoms with Crippen LogP contribution < -0.4 is 0 Å². The predicted octanol–water partition coefficient (Wildman–Crippen LogP) is 5.46. The molecule has 0 saturated heterocycles. The average molecular weight is 244 g/mol. The standard InChI is InChI=1S/C15H13FS/c1-3-12-9-13-6-4-5-7-14(13)10-15(12)8-11(2)17-16/h3-10H,1H2,2H3/b11-8+. The molecule has 0 atom stereocenters. The van der Waals surface area contributed by atoms with Gasteiger partial charge in [-0.1, -0.05) is 36.9 Å². The number of allylic oxidation sites excluding steroid dienone is 1. The molecule has 0 fully saturated rings. The Kier molecular flexibility index (Phi) is 3.64. The number of halogens is 1. The van der Waals surface area contributed by atoms with E-state index in [1.54, 1.807) is 13.0 Å². The van der Waals surface area contributed by atoms with E-state index in [4.69, 9.17) is 0 Å². The minimum absolute atomic E-state index is 0.271. The molecule has 2 aromatic carbocycles. The fraction of sp³-hybridized carbons (Fsp3) is 0.0667. The monoisotopic (exact) mass is 244 g/mol. The van der Waals surface area contributed by atoms with Gasteiger partial charge >= 0.3 is 0 Å². The summed E-state index contributed by atoms with van der Waals surface area (Å²) in [5.74, 6) is 0. The first kappa shape index (κ1) is 11.9. The highest BCUT2D eigenvalue weighted by molar-refractivity contribution is 7.98. The van der Waals surface area contributed by atoms with Gasteiger partial charge in [0.15, 0.2) is 0 Å². The van der Waals surface area contributed by atoms with Crippen molar-refractivity contribution in [1.29, 1.82) is 0 Å². The molecule has 0 bridgehead atoms. The summed E-state index contributed by atoms with van der Waals surface area (Å²) in [4.78, 5) is 0.642. The molecule has 0 heterocycles. The quantitative estimate of drug-likeness (QED) is 0.690. The Balaban J connectivity index is 2.65. The van der Waals surface area contributed by atoms with Crippen molar-refractivity contribution in [1.82, 2.24) is 0 Å². The Bertz CT molecular complexity index is 584. The van der Waals surface area contributed by atoms with Crippen molar-refractivity contribution in [2.75, 3.05) is 0 Å². The maximum absolute atomic E-state index is 12.4. The minimum atomic E-state index is 0.271. The van der Waals surface area contributed by atoms with E-state index in [1.807, 2.05) is 18.2 Å². The van der Waals surface area contributed by atoms with Crippen LogP contribution >= 0.6 is 12.1 Å². The van der Waals surface area contributed by atoms with Gasteiger partial charge in [0.1, 0.15) is 0 Å². The first-order chi connectivity index (χ1) is 8.24. The molecule has 0 nitrogen and oxygen atoms in total. The van der Waals surface area contributed by atoms with E-state index in [0.717, 1.165) is 16.5 Å². The molecule has 0 spiro atoms. The van der Waals surface area contributed by atoms with Gasteiger partial charge in [-0.15, -0.1) is 0 Å². The smallest absolute Gasteiger partial charge is 0.0764 e. The molecule has 0 aromatic heterocycles. The molecular weight excluding hydrogens is 231 g/mol. The zero-order valence-corrected chi connectivity index (χ0v) is 10.4. The molecule has 0 aliphatic carbocycles. The first-order valence-corrected chi connectivity index (χ1v) is 6.08. The van der Waals surface area contributed by atoms with Crippen molar-refractivity contribution in [3.63, 3.8) is 0 Å². The molecule has 0 aliphatic rings. The lowest BCUT2D eigenvalue weighted by Gasteiger charge is -2.05. The van der Waals surface area contributed by atoms with Gasteiger partial charge in [0.05, 0.1) is 12.1 Å². The van der Waals surface area contributed by atoms with Gasteiger partial charge in [-0.2, -0.15) is 3.89 Å². The van der Waals surface area contributed by atoms with Gasteiger partial charge in [0.2, 0.25) is 0 Å². The van der Waals surface area contributed by atoms with Crippen LogP contribution in [0.15, 0.2) is 47.9 Å². The van der Waals surface area contributed by atoms with Gasteiger partial charge in [-0.05, 0) is 47.0 Å². The Labute approximate surface area is 105 Å². The van der Waals surface area contributed by atoms with E-state index in [9.17, 15) is 3.89 Å². The average Bonchev–Trinajstić information content (AvgIpc) is 2.37. The van der Waals surface area contributed by atoms with Crippen LogP contribution in [0.5, 0.6) is 0 Å². The Morgan fingerprint density at radius 2 is 1.76 bits per heavy atom. The zero-order valence-electron chi connectivity index (χ0n) is 9.61. The summed E-state index contributed by atoms with van der Waals surface area (Å²) >= 11 is 0.271. The summed E-state index contributed by atoms with van der Waals surface area (Å²) in [7, 11) is 0. The van der Waals surface area contributed by atoms with Crippen LogP contribution in [0.25, 0.3) is 22.9 Å². The largest absolute Gasteiger partial charge is 0.160 e. The third-order valence-corrected chi connectivity index (χ3v) is 3.01. The Hall–Kier alpha value is -1.54. The third-order valence-electron chi connectivity index (χ3n) is 2.65. The van der Waals surface area contributed by atoms with E-state index in [2.05, 4.69) is 30.8 Å². The van der Waals surface area contributed by atoms with Gasteiger partial charge in [0, 0.05) is 4.91 Å². The van der Waals surface area contributed by atoms with Gasteiger partial charge < -0.3 is 0 Å². The van der Waals surface area contributed by atoms with Crippen molar-refractivity contribution >= 4 is 35.1 Å². The van der Waals surface area contributed by atoms with Crippen LogP contribution in [0.3, 0.4) is 0 Å². The zero-order chi connectivity index (χ0) is 12.3. The maximum atomic E-state index is 12.4. The van der Waals surface area contributed by atoms with E-state index >= 15 is 0 Å².